The van der Waals surface area contributed by atoms with Crippen LogP contribution in [0.2, 0.25) is 0 Å². The van der Waals surface area contributed by atoms with Gasteiger partial charge in [0.25, 0.3) is 5.91 Å². The lowest BCUT2D eigenvalue weighted by Gasteiger charge is -2.08. The van der Waals surface area contributed by atoms with E-state index in [0.29, 0.717) is 6.42 Å². The van der Waals surface area contributed by atoms with Gasteiger partial charge in [0.2, 0.25) is 0 Å². The molecule has 8 nitrogen and oxygen atoms in total. The molecule has 28 heavy (non-hydrogen) atoms. The molecule has 2 aromatic heterocycles. The van der Waals surface area contributed by atoms with Gasteiger partial charge < -0.3 is 4.57 Å². The summed E-state index contributed by atoms with van der Waals surface area (Å²) in [6, 6.07) is 9.96. The molecule has 0 radical (unpaired) electrons. The van der Waals surface area contributed by atoms with Crippen molar-refractivity contribution in [2.75, 3.05) is 6.54 Å². The molecule has 3 rings (SSSR count). The van der Waals surface area contributed by atoms with Crippen molar-refractivity contribution in [3.63, 3.8) is 0 Å². The Hall–Kier alpha value is -2.91. The van der Waals surface area contributed by atoms with Gasteiger partial charge in [-0.25, -0.2) is 4.72 Å². The molecule has 1 aromatic carbocycles. The minimum Gasteiger partial charge on any atom is -0.301 e. The molecule has 0 bridgehead atoms. The van der Waals surface area contributed by atoms with Gasteiger partial charge in [-0.2, -0.15) is 18.2 Å². The fourth-order valence-corrected chi connectivity index (χ4v) is 3.89. The molecule has 0 atom stereocenters. The predicted octanol–water partition coefficient (Wildman–Crippen LogP) is 2.05. The SMILES string of the molecule is CCCNS(=O)(=O)NC(=O)/C=C/c1c(C)nn(C)c1-n1ccc2ccccc21. The molecule has 0 saturated heterocycles. The summed E-state index contributed by atoms with van der Waals surface area (Å²) in [5.41, 5.74) is 2.47. The van der Waals surface area contributed by atoms with E-state index in [2.05, 4.69) is 9.82 Å². The summed E-state index contributed by atoms with van der Waals surface area (Å²) in [4.78, 5) is 12.1. The maximum absolute atomic E-state index is 12.1. The lowest BCUT2D eigenvalue weighted by Crippen LogP contribution is -2.39. The van der Waals surface area contributed by atoms with Crippen molar-refractivity contribution < 1.29 is 13.2 Å². The van der Waals surface area contributed by atoms with Crippen LogP contribution in [0.15, 0.2) is 42.6 Å². The number of hydrogen-bond acceptors (Lipinski definition) is 4. The van der Waals surface area contributed by atoms with Crippen molar-refractivity contribution in [3.05, 3.63) is 53.9 Å². The standard InChI is InChI=1S/C19H23N5O3S/c1-4-12-20-28(26,27)22-18(25)10-9-16-14(2)21-23(3)19(16)24-13-11-15-7-5-6-8-17(15)24/h5-11,13,20H,4,12H2,1-3H3,(H,22,25)/b10-9+. The summed E-state index contributed by atoms with van der Waals surface area (Å²) in [5, 5.41) is 5.53. The number of fused-ring (bicyclic) bond motifs is 1. The molecule has 0 spiro atoms. The Kier molecular flexibility index (Phi) is 5.66. The average molecular weight is 401 g/mol. The maximum atomic E-state index is 12.1. The molecule has 0 aliphatic carbocycles. The summed E-state index contributed by atoms with van der Waals surface area (Å²) in [6.45, 7) is 3.94. The Morgan fingerprint density at radius 1 is 1.25 bits per heavy atom. The zero-order valence-electron chi connectivity index (χ0n) is 16.0. The van der Waals surface area contributed by atoms with Crippen LogP contribution in [0, 0.1) is 6.92 Å². The molecule has 0 aliphatic heterocycles. The summed E-state index contributed by atoms with van der Waals surface area (Å²) in [5.74, 6) is 0.0601. The second kappa shape index (κ2) is 7.99. The van der Waals surface area contributed by atoms with Crippen LogP contribution in [0.3, 0.4) is 0 Å². The fraction of sp³-hybridized carbons (Fsp3) is 0.263. The van der Waals surface area contributed by atoms with Crippen LogP contribution >= 0.6 is 0 Å². The number of aromatic nitrogens is 3. The number of para-hydroxylation sites is 1. The highest BCUT2D eigenvalue weighted by Gasteiger charge is 2.16. The van der Waals surface area contributed by atoms with E-state index in [0.717, 1.165) is 28.0 Å². The summed E-state index contributed by atoms with van der Waals surface area (Å²) in [7, 11) is -2.03. The van der Waals surface area contributed by atoms with Crippen LogP contribution < -0.4 is 9.44 Å². The second-order valence-electron chi connectivity index (χ2n) is 6.39. The smallest absolute Gasteiger partial charge is 0.301 e. The van der Waals surface area contributed by atoms with Crippen LogP contribution in [-0.4, -0.2) is 35.2 Å². The average Bonchev–Trinajstić information content (AvgIpc) is 3.17. The molecular formula is C19H23N5O3S. The monoisotopic (exact) mass is 401 g/mol. The Morgan fingerprint density at radius 2 is 2.00 bits per heavy atom. The zero-order chi connectivity index (χ0) is 20.3. The van der Waals surface area contributed by atoms with Crippen molar-refractivity contribution >= 4 is 33.1 Å². The van der Waals surface area contributed by atoms with Gasteiger partial charge in [0.1, 0.15) is 5.82 Å². The number of benzene rings is 1. The number of rotatable bonds is 7. The van der Waals surface area contributed by atoms with Crippen LogP contribution in [-0.2, 0) is 22.1 Å². The number of amides is 1. The first-order valence-corrected chi connectivity index (χ1v) is 10.4. The molecule has 1 amide bonds. The Labute approximate surface area is 164 Å². The third kappa shape index (κ3) is 4.15. The van der Waals surface area contributed by atoms with E-state index < -0.39 is 16.1 Å². The fourth-order valence-electron chi connectivity index (χ4n) is 3.01. The van der Waals surface area contributed by atoms with Crippen molar-refractivity contribution in [2.45, 2.75) is 20.3 Å². The molecule has 2 heterocycles. The lowest BCUT2D eigenvalue weighted by molar-refractivity contribution is -0.114. The summed E-state index contributed by atoms with van der Waals surface area (Å²) < 4.78 is 31.6. The van der Waals surface area contributed by atoms with Gasteiger partial charge in [0.15, 0.2) is 0 Å². The van der Waals surface area contributed by atoms with Gasteiger partial charge in [0.05, 0.1) is 11.2 Å². The van der Waals surface area contributed by atoms with Crippen LogP contribution in [0.4, 0.5) is 0 Å². The van der Waals surface area contributed by atoms with E-state index in [1.165, 1.54) is 6.08 Å². The number of nitrogens with zero attached hydrogens (tertiary/aromatic N) is 3. The molecule has 0 aliphatic rings. The van der Waals surface area contributed by atoms with Gasteiger partial charge in [0, 0.05) is 31.4 Å². The molecule has 148 valence electrons. The highest BCUT2D eigenvalue weighted by molar-refractivity contribution is 7.88. The zero-order valence-corrected chi connectivity index (χ0v) is 16.8. The maximum Gasteiger partial charge on any atom is 0.301 e. The van der Waals surface area contributed by atoms with Gasteiger partial charge in [-0.3, -0.25) is 9.48 Å². The topological polar surface area (TPSA) is 98.0 Å². The second-order valence-corrected chi connectivity index (χ2v) is 7.89. The van der Waals surface area contributed by atoms with Crippen molar-refractivity contribution in [1.29, 1.82) is 0 Å². The third-order valence-electron chi connectivity index (χ3n) is 4.24. The highest BCUT2D eigenvalue weighted by Crippen LogP contribution is 2.25. The molecule has 0 fully saturated rings. The summed E-state index contributed by atoms with van der Waals surface area (Å²) >= 11 is 0. The highest BCUT2D eigenvalue weighted by atomic mass is 32.2. The summed E-state index contributed by atoms with van der Waals surface area (Å²) in [6.07, 6.45) is 5.35. The molecular weight excluding hydrogens is 378 g/mol. The predicted molar refractivity (Wildman–Crippen MR) is 109 cm³/mol. The van der Waals surface area contributed by atoms with Gasteiger partial charge in [-0.1, -0.05) is 25.1 Å². The van der Waals surface area contributed by atoms with Gasteiger partial charge in [-0.15, -0.1) is 0 Å². The van der Waals surface area contributed by atoms with Gasteiger partial charge >= 0.3 is 10.2 Å². The number of aryl methyl sites for hydroxylation is 2. The van der Waals surface area contributed by atoms with Crippen molar-refractivity contribution in [1.82, 2.24) is 23.8 Å². The Morgan fingerprint density at radius 3 is 2.75 bits per heavy atom. The van der Waals surface area contributed by atoms with E-state index in [-0.39, 0.29) is 6.54 Å². The van der Waals surface area contributed by atoms with Crippen molar-refractivity contribution in [3.8, 4) is 5.82 Å². The lowest BCUT2D eigenvalue weighted by atomic mass is 10.2. The quantitative estimate of drug-likeness (QED) is 0.592. The first kappa shape index (κ1) is 19.8. The molecule has 0 saturated carbocycles. The van der Waals surface area contributed by atoms with Gasteiger partial charge in [-0.05, 0) is 36.9 Å². The number of carbonyl (C=O) groups excluding carboxylic acids is 1. The van der Waals surface area contributed by atoms with E-state index in [4.69, 9.17) is 0 Å². The van der Waals surface area contributed by atoms with Crippen LogP contribution in [0.1, 0.15) is 24.6 Å². The largest absolute Gasteiger partial charge is 0.301 e. The van der Waals surface area contributed by atoms with E-state index in [1.807, 2.05) is 66.7 Å². The number of carbonyl (C=O) groups is 1. The first-order chi connectivity index (χ1) is 13.3. The van der Waals surface area contributed by atoms with Crippen molar-refractivity contribution in [2.24, 2.45) is 7.05 Å². The molecule has 3 aromatic rings. The minimum absolute atomic E-state index is 0.263. The van der Waals surface area contributed by atoms with Crippen LogP contribution in [0.5, 0.6) is 0 Å². The Bertz CT molecular complexity index is 1140. The third-order valence-corrected chi connectivity index (χ3v) is 5.30. The van der Waals surface area contributed by atoms with Crippen LogP contribution in [0.25, 0.3) is 22.8 Å². The molecule has 2 N–H and O–H groups in total. The van der Waals surface area contributed by atoms with E-state index >= 15 is 0 Å². The molecule has 9 heteroatoms. The normalized spacial score (nSPS) is 12.1. The first-order valence-electron chi connectivity index (χ1n) is 8.92. The number of hydrogen-bond donors (Lipinski definition) is 2. The van der Waals surface area contributed by atoms with E-state index in [9.17, 15) is 13.2 Å². The minimum atomic E-state index is -3.86. The molecule has 0 unspecified atom stereocenters. The number of nitrogens with one attached hydrogen (secondary N) is 2. The van der Waals surface area contributed by atoms with E-state index in [1.54, 1.807) is 10.8 Å². The Balaban J connectivity index is 1.92.